The highest BCUT2D eigenvalue weighted by atomic mass is 16.3. The molecule has 4 nitrogen and oxygen atoms in total. The monoisotopic (exact) mass is 186 g/mol. The van der Waals surface area contributed by atoms with Crippen LogP contribution < -0.4 is 0 Å². The topological polar surface area (TPSA) is 77.8 Å². The first-order valence-electron chi connectivity index (χ1n) is 3.56. The molecule has 0 amide bonds. The number of aliphatic hydroxyl groups is 2. The molecular formula is C9H14O4. The summed E-state index contributed by atoms with van der Waals surface area (Å²) >= 11 is 0. The molecule has 0 radical (unpaired) electrons. The molecule has 4 heteroatoms. The molecule has 0 aliphatic carbocycles. The van der Waals surface area contributed by atoms with Gasteiger partial charge in [0.2, 0.25) is 0 Å². The number of aliphatic hydroxyl groups excluding tert-OH is 2. The Hall–Kier alpha value is -1.39. The molecule has 0 aliphatic rings. The van der Waals surface area contributed by atoms with Crippen LogP contribution in [0.4, 0.5) is 0 Å². The summed E-state index contributed by atoms with van der Waals surface area (Å²) in [7, 11) is 0. The Morgan fingerprint density at radius 1 is 1.00 bits per heavy atom. The van der Waals surface area contributed by atoms with E-state index in [9.17, 15) is 0 Å². The predicted molar refractivity (Wildman–Crippen MR) is 49.4 cm³/mol. The molecule has 13 heavy (non-hydrogen) atoms. The summed E-state index contributed by atoms with van der Waals surface area (Å²) in [6.07, 6.45) is 0. The van der Waals surface area contributed by atoms with Crippen LogP contribution in [-0.2, 0) is 4.79 Å². The zero-order valence-corrected chi connectivity index (χ0v) is 7.26. The molecule has 0 bridgehead atoms. The molecule has 74 valence electrons. The Morgan fingerprint density at radius 3 is 1.54 bits per heavy atom. The van der Waals surface area contributed by atoms with Crippen LogP contribution in [0.25, 0.3) is 0 Å². The van der Waals surface area contributed by atoms with Crippen molar-refractivity contribution < 1.29 is 20.1 Å². The fourth-order valence-electron chi connectivity index (χ4n) is 0.428. The van der Waals surface area contributed by atoms with Gasteiger partial charge in [-0.05, 0) is 12.1 Å². The van der Waals surface area contributed by atoms with E-state index in [1.54, 1.807) is 24.3 Å². The van der Waals surface area contributed by atoms with Crippen LogP contribution in [-0.4, -0.2) is 35.3 Å². The zero-order chi connectivity index (χ0) is 10.5. The van der Waals surface area contributed by atoms with Crippen molar-refractivity contribution in [1.29, 1.82) is 0 Å². The standard InChI is InChI=1S/C6H6O.C2H6O2.CH2O/c7-6-4-2-1-3-5-6;3-1-2-4;1-2/h1-5,7H;3-4H,1-2H2;1H2. The summed E-state index contributed by atoms with van der Waals surface area (Å²) in [6.45, 7) is 1.75. The van der Waals surface area contributed by atoms with Gasteiger partial charge in [0.05, 0.1) is 13.2 Å². The molecular weight excluding hydrogens is 172 g/mol. The minimum atomic E-state index is -0.125. The fourth-order valence-corrected chi connectivity index (χ4v) is 0.428. The number of carbonyl (C=O) groups is 1. The number of para-hydroxylation sites is 1. The van der Waals surface area contributed by atoms with E-state index in [4.69, 9.17) is 20.1 Å². The third kappa shape index (κ3) is 13.6. The lowest BCUT2D eigenvalue weighted by Gasteiger charge is -1.82. The van der Waals surface area contributed by atoms with Crippen LogP contribution in [0.15, 0.2) is 30.3 Å². The molecule has 0 saturated carbocycles. The third-order valence-corrected chi connectivity index (χ3v) is 0.856. The van der Waals surface area contributed by atoms with Gasteiger partial charge in [-0.3, -0.25) is 0 Å². The van der Waals surface area contributed by atoms with Crippen molar-refractivity contribution in [2.75, 3.05) is 13.2 Å². The molecule has 0 aliphatic heterocycles. The van der Waals surface area contributed by atoms with E-state index >= 15 is 0 Å². The van der Waals surface area contributed by atoms with Crippen LogP contribution in [0.3, 0.4) is 0 Å². The summed E-state index contributed by atoms with van der Waals surface area (Å²) < 4.78 is 0. The van der Waals surface area contributed by atoms with Gasteiger partial charge in [-0.15, -0.1) is 0 Å². The van der Waals surface area contributed by atoms with Crippen LogP contribution in [0.1, 0.15) is 0 Å². The van der Waals surface area contributed by atoms with Crippen molar-refractivity contribution in [2.24, 2.45) is 0 Å². The highest BCUT2D eigenvalue weighted by Crippen LogP contribution is 2.02. The number of hydrogen-bond donors (Lipinski definition) is 3. The van der Waals surface area contributed by atoms with E-state index in [0.29, 0.717) is 5.75 Å². The van der Waals surface area contributed by atoms with E-state index < -0.39 is 0 Å². The lowest BCUT2D eigenvalue weighted by atomic mass is 10.3. The first kappa shape index (κ1) is 14.2. The Bertz CT molecular complexity index is 174. The van der Waals surface area contributed by atoms with E-state index in [1.165, 1.54) is 0 Å². The summed E-state index contributed by atoms with van der Waals surface area (Å²) in [5, 5.41) is 23.9. The second kappa shape index (κ2) is 13.2. The maximum Gasteiger partial charge on any atom is 0.115 e. The van der Waals surface area contributed by atoms with Gasteiger partial charge in [0.1, 0.15) is 12.5 Å². The molecule has 0 heterocycles. The van der Waals surface area contributed by atoms with Crippen molar-refractivity contribution in [3.63, 3.8) is 0 Å². The maximum atomic E-state index is 8.63. The van der Waals surface area contributed by atoms with Crippen molar-refractivity contribution in [1.82, 2.24) is 0 Å². The number of carbonyl (C=O) groups excluding carboxylic acids is 1. The normalized spacial score (nSPS) is 7.23. The van der Waals surface area contributed by atoms with Crippen LogP contribution in [0.5, 0.6) is 5.75 Å². The number of aromatic hydroxyl groups is 1. The SMILES string of the molecule is C=O.OCCO.Oc1ccccc1. The molecule has 3 N–H and O–H groups in total. The van der Waals surface area contributed by atoms with Crippen molar-refractivity contribution >= 4 is 6.79 Å². The number of phenolic OH excluding ortho intramolecular Hbond substituents is 1. The molecule has 0 spiro atoms. The highest BCUT2D eigenvalue weighted by Gasteiger charge is 1.74. The number of benzene rings is 1. The second-order valence-electron chi connectivity index (χ2n) is 1.78. The molecule has 1 rings (SSSR count). The predicted octanol–water partition coefficient (Wildman–Crippen LogP) is 0.178. The van der Waals surface area contributed by atoms with E-state index in [2.05, 4.69) is 0 Å². The average Bonchev–Trinajstić information content (AvgIpc) is 2.22. The van der Waals surface area contributed by atoms with Gasteiger partial charge in [0, 0.05) is 0 Å². The lowest BCUT2D eigenvalue weighted by molar-refractivity contribution is -0.0979. The Kier molecular flexibility index (Phi) is 14.4. The lowest BCUT2D eigenvalue weighted by Crippen LogP contribution is -1.85. The smallest absolute Gasteiger partial charge is 0.115 e. The molecule has 0 atom stereocenters. The van der Waals surface area contributed by atoms with Gasteiger partial charge in [-0.25, -0.2) is 0 Å². The van der Waals surface area contributed by atoms with Crippen molar-refractivity contribution in [3.8, 4) is 5.75 Å². The van der Waals surface area contributed by atoms with Crippen molar-refractivity contribution in [3.05, 3.63) is 30.3 Å². The molecule has 0 aromatic heterocycles. The Labute approximate surface area is 77.1 Å². The first-order chi connectivity index (χ1) is 6.31. The number of hydrogen-bond acceptors (Lipinski definition) is 4. The van der Waals surface area contributed by atoms with Crippen LogP contribution in [0.2, 0.25) is 0 Å². The van der Waals surface area contributed by atoms with Gasteiger partial charge in [0.25, 0.3) is 0 Å². The maximum absolute atomic E-state index is 8.63. The van der Waals surface area contributed by atoms with Crippen LogP contribution >= 0.6 is 0 Å². The average molecular weight is 186 g/mol. The molecule has 0 fully saturated rings. The van der Waals surface area contributed by atoms with Gasteiger partial charge in [-0.1, -0.05) is 18.2 Å². The molecule has 1 aromatic rings. The summed E-state index contributed by atoms with van der Waals surface area (Å²) in [6, 6.07) is 8.71. The molecule has 1 aromatic carbocycles. The summed E-state index contributed by atoms with van der Waals surface area (Å²) in [4.78, 5) is 8.00. The number of phenols is 1. The van der Waals surface area contributed by atoms with E-state index in [-0.39, 0.29) is 13.2 Å². The quantitative estimate of drug-likeness (QED) is 0.584. The summed E-state index contributed by atoms with van der Waals surface area (Å²) in [5.74, 6) is 0.322. The van der Waals surface area contributed by atoms with Gasteiger partial charge < -0.3 is 20.1 Å². The van der Waals surface area contributed by atoms with Crippen LogP contribution in [0, 0.1) is 0 Å². The summed E-state index contributed by atoms with van der Waals surface area (Å²) in [5.41, 5.74) is 0. The second-order valence-corrected chi connectivity index (χ2v) is 1.78. The van der Waals surface area contributed by atoms with E-state index in [0.717, 1.165) is 0 Å². The zero-order valence-electron chi connectivity index (χ0n) is 7.26. The van der Waals surface area contributed by atoms with Crippen molar-refractivity contribution in [2.45, 2.75) is 0 Å². The third-order valence-electron chi connectivity index (χ3n) is 0.856. The minimum absolute atomic E-state index is 0.125. The fraction of sp³-hybridized carbons (Fsp3) is 0.222. The van der Waals surface area contributed by atoms with Gasteiger partial charge in [0.15, 0.2) is 0 Å². The Balaban J connectivity index is 0. The molecule has 0 saturated heterocycles. The molecule has 0 unspecified atom stereocenters. The van der Waals surface area contributed by atoms with E-state index in [1.807, 2.05) is 12.9 Å². The van der Waals surface area contributed by atoms with Gasteiger partial charge >= 0.3 is 0 Å². The Morgan fingerprint density at radius 2 is 1.38 bits per heavy atom. The first-order valence-corrected chi connectivity index (χ1v) is 3.56. The highest BCUT2D eigenvalue weighted by molar-refractivity contribution is 5.18. The number of rotatable bonds is 1. The largest absolute Gasteiger partial charge is 0.508 e. The minimum Gasteiger partial charge on any atom is -0.508 e. The van der Waals surface area contributed by atoms with Gasteiger partial charge in [-0.2, -0.15) is 0 Å².